The maximum Gasteiger partial charge on any atom is 0.343 e. The highest BCUT2D eigenvalue weighted by molar-refractivity contribution is 5.96. The van der Waals surface area contributed by atoms with E-state index in [1.807, 2.05) is 29.2 Å². The van der Waals surface area contributed by atoms with Crippen LogP contribution in [0.5, 0.6) is 5.75 Å². The molecule has 0 unspecified atom stereocenters. The molecule has 1 aliphatic heterocycles. The molecule has 0 spiro atoms. The summed E-state index contributed by atoms with van der Waals surface area (Å²) in [6.45, 7) is 8.23. The lowest BCUT2D eigenvalue weighted by molar-refractivity contribution is -0.387. The Morgan fingerprint density at radius 2 is 2.00 bits per heavy atom. The number of rotatable bonds is 7. The predicted octanol–water partition coefficient (Wildman–Crippen LogP) is 5.27. The number of carbonyl (C=O) groups is 1. The Kier molecular flexibility index (Phi) is 6.49. The molecule has 1 N–H and O–H groups in total. The normalized spacial score (nSPS) is 13.9. The minimum atomic E-state index is -1.04. The van der Waals surface area contributed by atoms with E-state index in [2.05, 4.69) is 29.1 Å². The molecule has 0 amide bonds. The maximum absolute atomic E-state index is 14.1. The van der Waals surface area contributed by atoms with Gasteiger partial charge in [0.1, 0.15) is 11.3 Å². The van der Waals surface area contributed by atoms with E-state index in [4.69, 9.17) is 9.47 Å². The lowest BCUT2D eigenvalue weighted by atomic mass is 9.87. The van der Waals surface area contributed by atoms with Crippen LogP contribution in [0.3, 0.4) is 0 Å². The van der Waals surface area contributed by atoms with Gasteiger partial charge in [0, 0.05) is 36.0 Å². The van der Waals surface area contributed by atoms with Crippen molar-refractivity contribution in [3.63, 3.8) is 0 Å². The molecule has 0 bridgehead atoms. The third-order valence-electron chi connectivity index (χ3n) is 5.78. The van der Waals surface area contributed by atoms with E-state index in [0.717, 1.165) is 23.4 Å². The van der Waals surface area contributed by atoms with Crippen molar-refractivity contribution < 1.29 is 23.6 Å². The molecule has 2 heterocycles. The molecule has 0 atom stereocenters. The average molecular weight is 496 g/mol. The van der Waals surface area contributed by atoms with Crippen molar-refractivity contribution in [1.29, 1.82) is 0 Å². The van der Waals surface area contributed by atoms with Gasteiger partial charge in [0.25, 0.3) is 0 Å². The average Bonchev–Trinajstić information content (AvgIpc) is 3.10. The van der Waals surface area contributed by atoms with E-state index in [0.29, 0.717) is 12.4 Å². The van der Waals surface area contributed by atoms with Gasteiger partial charge in [-0.25, -0.2) is 9.78 Å². The zero-order valence-corrected chi connectivity index (χ0v) is 20.5. The van der Waals surface area contributed by atoms with Crippen molar-refractivity contribution in [2.45, 2.75) is 39.2 Å². The molecule has 3 aromatic rings. The van der Waals surface area contributed by atoms with Crippen molar-refractivity contribution >= 4 is 34.8 Å². The molecule has 36 heavy (non-hydrogen) atoms. The van der Waals surface area contributed by atoms with E-state index < -0.39 is 22.4 Å². The van der Waals surface area contributed by atoms with Gasteiger partial charge in [-0.15, -0.1) is 0 Å². The lowest BCUT2D eigenvalue weighted by Crippen LogP contribution is -2.27. The highest BCUT2D eigenvalue weighted by Crippen LogP contribution is 2.44. The van der Waals surface area contributed by atoms with Gasteiger partial charge in [-0.2, -0.15) is 9.37 Å². The summed E-state index contributed by atoms with van der Waals surface area (Å²) in [6, 6.07) is 9.76. The number of para-hydroxylation sites is 1. The van der Waals surface area contributed by atoms with Gasteiger partial charge in [0.05, 0.1) is 23.8 Å². The molecule has 1 aliphatic rings. The van der Waals surface area contributed by atoms with E-state index in [-0.39, 0.29) is 34.5 Å². The monoisotopic (exact) mass is 495 g/mol. The molecular formula is C25H26FN5O5. The van der Waals surface area contributed by atoms with Gasteiger partial charge < -0.3 is 19.7 Å². The summed E-state index contributed by atoms with van der Waals surface area (Å²) in [5, 5.41) is 14.1. The first-order valence-electron chi connectivity index (χ1n) is 11.3. The maximum atomic E-state index is 14.1. The Morgan fingerprint density at radius 3 is 2.67 bits per heavy atom. The zero-order chi connectivity index (χ0) is 26.2. The number of esters is 1. The van der Waals surface area contributed by atoms with Crippen LogP contribution in [0.25, 0.3) is 0 Å². The Labute approximate surface area is 207 Å². The topological polar surface area (TPSA) is 120 Å². The minimum absolute atomic E-state index is 0.0270. The summed E-state index contributed by atoms with van der Waals surface area (Å²) in [4.78, 5) is 34.1. The lowest BCUT2D eigenvalue weighted by Gasteiger charge is -2.24. The largest absolute Gasteiger partial charge is 0.494 e. The second-order valence-corrected chi connectivity index (χ2v) is 9.26. The second-order valence-electron chi connectivity index (χ2n) is 9.26. The Bertz CT molecular complexity index is 1340. The summed E-state index contributed by atoms with van der Waals surface area (Å²) in [6.07, 6.45) is 0.989. The van der Waals surface area contributed by atoms with Crippen molar-refractivity contribution in [2.24, 2.45) is 0 Å². The number of fused-ring (bicyclic) bond motifs is 1. The molecule has 0 fully saturated rings. The quantitative estimate of drug-likeness (QED) is 0.265. The first-order valence-corrected chi connectivity index (χ1v) is 11.3. The van der Waals surface area contributed by atoms with E-state index in [1.165, 1.54) is 13.3 Å². The number of nitrogens with zero attached hydrogens (tertiary/aromatic N) is 4. The molecule has 4 rings (SSSR count). The number of benzene rings is 2. The first-order chi connectivity index (χ1) is 17.0. The Morgan fingerprint density at radius 1 is 1.28 bits per heavy atom. The molecular weight excluding hydrogens is 469 g/mol. The fraction of sp³-hybridized carbons (Fsp3) is 0.320. The number of hydrogen-bond acceptors (Lipinski definition) is 9. The summed E-state index contributed by atoms with van der Waals surface area (Å²) in [5.74, 6) is -1.24. The van der Waals surface area contributed by atoms with Crippen LogP contribution in [0, 0.1) is 15.9 Å². The molecule has 0 aliphatic carbocycles. The van der Waals surface area contributed by atoms with Crippen molar-refractivity contribution in [2.75, 3.05) is 23.9 Å². The molecule has 1 aromatic heterocycles. The highest BCUT2D eigenvalue weighted by atomic mass is 19.1. The van der Waals surface area contributed by atoms with Crippen LogP contribution < -0.4 is 15.0 Å². The molecule has 10 nitrogen and oxygen atoms in total. The van der Waals surface area contributed by atoms with Crippen LogP contribution in [0.15, 0.2) is 42.6 Å². The van der Waals surface area contributed by atoms with Crippen molar-refractivity contribution in [3.8, 4) is 5.75 Å². The molecule has 11 heteroatoms. The number of aromatic nitrogens is 2. The molecule has 188 valence electrons. The number of methoxy groups -OCH3 is 1. The molecule has 0 radical (unpaired) electrons. The second kappa shape index (κ2) is 9.40. The Balaban J connectivity index is 1.82. The number of nitrogens with one attached hydrogen (secondary N) is 1. The van der Waals surface area contributed by atoms with Crippen LogP contribution in [-0.4, -0.2) is 40.6 Å². The number of carbonyl (C=O) groups excluding carboxylic acids is 1. The smallest absolute Gasteiger partial charge is 0.343 e. The highest BCUT2D eigenvalue weighted by Gasteiger charge is 2.38. The summed E-state index contributed by atoms with van der Waals surface area (Å²) >= 11 is 0. The van der Waals surface area contributed by atoms with Gasteiger partial charge in [-0.05, 0) is 25.5 Å². The first kappa shape index (κ1) is 24.8. The van der Waals surface area contributed by atoms with Crippen LogP contribution in [0.2, 0.25) is 0 Å². The molecule has 0 saturated carbocycles. The number of ether oxygens (including phenoxy) is 2. The molecule has 0 saturated heterocycles. The SMILES string of the molecule is COc1cc(F)c([N+](=O)[O-])cc1Nc1ncc(C(=O)OC(C)C)c(N2CC(C)(C)c3ccccc32)n1. The predicted molar refractivity (Wildman–Crippen MR) is 132 cm³/mol. The van der Waals surface area contributed by atoms with Gasteiger partial charge in [-0.3, -0.25) is 10.1 Å². The third-order valence-corrected chi connectivity index (χ3v) is 5.78. The fourth-order valence-corrected chi connectivity index (χ4v) is 4.17. The van der Waals surface area contributed by atoms with Crippen LogP contribution in [-0.2, 0) is 10.2 Å². The van der Waals surface area contributed by atoms with Crippen LogP contribution in [0.1, 0.15) is 43.6 Å². The van der Waals surface area contributed by atoms with Gasteiger partial charge in [0.2, 0.25) is 11.8 Å². The number of anilines is 4. The summed E-state index contributed by atoms with van der Waals surface area (Å²) in [7, 11) is 1.31. The van der Waals surface area contributed by atoms with Crippen molar-refractivity contribution in [3.05, 3.63) is 69.7 Å². The summed E-state index contributed by atoms with van der Waals surface area (Å²) < 4.78 is 24.7. The summed E-state index contributed by atoms with van der Waals surface area (Å²) in [5.41, 5.74) is 1.29. The third kappa shape index (κ3) is 4.64. The number of halogens is 1. The van der Waals surface area contributed by atoms with Crippen LogP contribution >= 0.6 is 0 Å². The number of nitro benzene ring substituents is 1. The fourth-order valence-electron chi connectivity index (χ4n) is 4.17. The van der Waals surface area contributed by atoms with Gasteiger partial charge >= 0.3 is 11.7 Å². The molecule has 2 aromatic carbocycles. The minimum Gasteiger partial charge on any atom is -0.494 e. The number of hydrogen-bond donors (Lipinski definition) is 1. The van der Waals surface area contributed by atoms with E-state index >= 15 is 0 Å². The van der Waals surface area contributed by atoms with Crippen molar-refractivity contribution in [1.82, 2.24) is 9.97 Å². The number of nitro groups is 1. The standard InChI is InChI=1S/C25H26FN5O5/c1-14(2)36-23(32)15-12-27-24(28-18-11-20(31(33)34)17(26)10-21(18)35-5)29-22(15)30-13-25(3,4)16-8-6-7-9-19(16)30/h6-12,14H,13H2,1-5H3,(H,27,28,29). The zero-order valence-electron chi connectivity index (χ0n) is 20.5. The van der Waals surface area contributed by atoms with Crippen LogP contribution in [0.4, 0.5) is 33.2 Å². The van der Waals surface area contributed by atoms with E-state index in [1.54, 1.807) is 13.8 Å². The van der Waals surface area contributed by atoms with Gasteiger partial charge in [0.15, 0.2) is 5.82 Å². The Hall–Kier alpha value is -4.28. The van der Waals surface area contributed by atoms with Gasteiger partial charge in [-0.1, -0.05) is 32.0 Å². The van der Waals surface area contributed by atoms with E-state index in [9.17, 15) is 19.3 Å².